The molecule has 0 radical (unpaired) electrons. The predicted octanol–water partition coefficient (Wildman–Crippen LogP) is 4.76. The topological polar surface area (TPSA) is 15.3 Å². The van der Waals surface area contributed by atoms with Crippen molar-refractivity contribution in [1.82, 2.24) is 5.01 Å². The highest BCUT2D eigenvalue weighted by Crippen LogP contribution is 2.41. The van der Waals surface area contributed by atoms with E-state index in [2.05, 4.69) is 46.8 Å². The van der Waals surface area contributed by atoms with Crippen LogP contribution in [0.4, 0.5) is 5.69 Å². The number of hydrogen-bond acceptors (Lipinski definition) is 2. The van der Waals surface area contributed by atoms with Crippen LogP contribution in [0.2, 0.25) is 0 Å². The Bertz CT molecular complexity index is 508. The first-order valence-electron chi connectivity index (χ1n) is 8.72. The molecule has 1 heterocycles. The lowest BCUT2D eigenvalue weighted by Crippen LogP contribution is -2.55. The number of anilines is 1. The van der Waals surface area contributed by atoms with E-state index in [4.69, 9.17) is 0 Å². The highest BCUT2D eigenvalue weighted by molar-refractivity contribution is 5.42. The van der Waals surface area contributed by atoms with Crippen molar-refractivity contribution in [1.29, 1.82) is 0 Å². The Morgan fingerprint density at radius 3 is 2.62 bits per heavy atom. The van der Waals surface area contributed by atoms with Crippen LogP contribution in [0.3, 0.4) is 0 Å². The average Bonchev–Trinajstić information content (AvgIpc) is 2.55. The molecule has 2 saturated carbocycles. The lowest BCUT2D eigenvalue weighted by molar-refractivity contribution is 0.0915. The highest BCUT2D eigenvalue weighted by atomic mass is 15.5. The fourth-order valence-electron chi connectivity index (χ4n) is 4.54. The van der Waals surface area contributed by atoms with E-state index < -0.39 is 0 Å². The van der Waals surface area contributed by atoms with Crippen molar-refractivity contribution in [2.75, 3.05) is 5.43 Å². The lowest BCUT2D eigenvalue weighted by Gasteiger charge is -2.49. The molecule has 0 bridgehead atoms. The zero-order valence-corrected chi connectivity index (χ0v) is 12.8. The molecule has 2 fully saturated rings. The molecule has 0 saturated heterocycles. The van der Waals surface area contributed by atoms with Crippen molar-refractivity contribution in [3.63, 3.8) is 0 Å². The maximum Gasteiger partial charge on any atom is 0.0503 e. The van der Waals surface area contributed by atoms with Gasteiger partial charge in [0, 0.05) is 11.7 Å². The van der Waals surface area contributed by atoms with E-state index in [1.807, 2.05) is 0 Å². The molecule has 2 nitrogen and oxygen atoms in total. The summed E-state index contributed by atoms with van der Waals surface area (Å²) in [5.41, 5.74) is 6.73. The van der Waals surface area contributed by atoms with E-state index in [1.54, 1.807) is 5.57 Å². The normalized spacial score (nSPS) is 32.8. The van der Waals surface area contributed by atoms with Crippen LogP contribution < -0.4 is 5.43 Å². The van der Waals surface area contributed by atoms with Gasteiger partial charge in [-0.3, -0.25) is 0 Å². The maximum atomic E-state index is 3.77. The van der Waals surface area contributed by atoms with Crippen molar-refractivity contribution in [3.8, 4) is 0 Å². The zero-order valence-electron chi connectivity index (χ0n) is 12.8. The molecule has 112 valence electrons. The molecular weight excluding hydrogens is 256 g/mol. The quantitative estimate of drug-likeness (QED) is 0.787. The molecule has 3 aliphatic rings. The molecule has 4 rings (SSSR count). The maximum absolute atomic E-state index is 3.77. The number of para-hydroxylation sites is 1. The third kappa shape index (κ3) is 2.62. The molecule has 21 heavy (non-hydrogen) atoms. The second-order valence-corrected chi connectivity index (χ2v) is 6.90. The van der Waals surface area contributed by atoms with Gasteiger partial charge in [-0.15, -0.1) is 0 Å². The number of hydrogen-bond donors (Lipinski definition) is 1. The van der Waals surface area contributed by atoms with Gasteiger partial charge in [0.1, 0.15) is 0 Å². The molecule has 0 spiro atoms. The van der Waals surface area contributed by atoms with Crippen molar-refractivity contribution < 1.29 is 0 Å². The van der Waals surface area contributed by atoms with Gasteiger partial charge in [-0.05, 0) is 50.2 Å². The lowest BCUT2D eigenvalue weighted by atomic mass is 9.75. The van der Waals surface area contributed by atoms with Crippen molar-refractivity contribution in [3.05, 3.63) is 42.0 Å². The Balaban J connectivity index is 1.63. The third-order valence-electron chi connectivity index (χ3n) is 5.56. The van der Waals surface area contributed by atoms with Gasteiger partial charge >= 0.3 is 0 Å². The molecule has 0 aromatic heterocycles. The van der Waals surface area contributed by atoms with E-state index in [0.717, 1.165) is 5.92 Å². The average molecular weight is 282 g/mol. The molecular formula is C19H26N2. The SMILES string of the molecule is C1=C2CCCCC2N(Nc2ccccc2)C2CCCCC12. The summed E-state index contributed by atoms with van der Waals surface area (Å²) in [7, 11) is 0. The first-order chi connectivity index (χ1) is 10.4. The number of hydrazine groups is 1. The molecule has 1 N–H and O–H groups in total. The van der Waals surface area contributed by atoms with E-state index in [9.17, 15) is 0 Å². The van der Waals surface area contributed by atoms with Crippen molar-refractivity contribution in [2.24, 2.45) is 5.92 Å². The third-order valence-corrected chi connectivity index (χ3v) is 5.56. The van der Waals surface area contributed by atoms with Gasteiger partial charge in [-0.25, -0.2) is 5.01 Å². The molecule has 1 aromatic rings. The number of nitrogens with one attached hydrogen (secondary N) is 1. The summed E-state index contributed by atoms with van der Waals surface area (Å²) in [4.78, 5) is 0. The van der Waals surface area contributed by atoms with Gasteiger partial charge in [0.2, 0.25) is 0 Å². The molecule has 3 unspecified atom stereocenters. The minimum absolute atomic E-state index is 0.637. The molecule has 1 aliphatic heterocycles. The van der Waals surface area contributed by atoms with E-state index >= 15 is 0 Å². The Labute approximate surface area is 128 Å². The Kier molecular flexibility index (Phi) is 3.72. The second-order valence-electron chi connectivity index (χ2n) is 6.90. The summed E-state index contributed by atoms with van der Waals surface area (Å²) < 4.78 is 0. The number of benzene rings is 1. The predicted molar refractivity (Wildman–Crippen MR) is 88.0 cm³/mol. The number of fused-ring (bicyclic) bond motifs is 2. The highest BCUT2D eigenvalue weighted by Gasteiger charge is 2.39. The van der Waals surface area contributed by atoms with Gasteiger partial charge < -0.3 is 5.43 Å². The van der Waals surface area contributed by atoms with E-state index in [-0.39, 0.29) is 0 Å². The van der Waals surface area contributed by atoms with Gasteiger partial charge in [0.15, 0.2) is 0 Å². The van der Waals surface area contributed by atoms with Gasteiger partial charge in [0.25, 0.3) is 0 Å². The van der Waals surface area contributed by atoms with Crippen LogP contribution in [0.1, 0.15) is 51.4 Å². The van der Waals surface area contributed by atoms with Crippen LogP contribution >= 0.6 is 0 Å². The number of rotatable bonds is 2. The fourth-order valence-corrected chi connectivity index (χ4v) is 4.54. The summed E-state index contributed by atoms with van der Waals surface area (Å²) >= 11 is 0. The summed E-state index contributed by atoms with van der Waals surface area (Å²) in [6.45, 7) is 0. The fraction of sp³-hybridized carbons (Fsp3) is 0.579. The Morgan fingerprint density at radius 1 is 0.905 bits per heavy atom. The molecule has 3 atom stereocenters. The molecule has 2 heteroatoms. The smallest absolute Gasteiger partial charge is 0.0503 e. The van der Waals surface area contributed by atoms with E-state index in [0.29, 0.717) is 12.1 Å². The zero-order chi connectivity index (χ0) is 14.1. The summed E-state index contributed by atoms with van der Waals surface area (Å²) in [5, 5.41) is 2.63. The molecule has 1 aromatic carbocycles. The van der Waals surface area contributed by atoms with Crippen molar-refractivity contribution >= 4 is 5.69 Å². The van der Waals surface area contributed by atoms with Crippen LogP contribution in [0.5, 0.6) is 0 Å². The number of nitrogens with zero attached hydrogens (tertiary/aromatic N) is 1. The summed E-state index contributed by atoms with van der Waals surface area (Å²) in [6, 6.07) is 12.1. The van der Waals surface area contributed by atoms with E-state index in [1.165, 1.54) is 57.1 Å². The van der Waals surface area contributed by atoms with Crippen LogP contribution in [-0.2, 0) is 0 Å². The molecule has 0 amide bonds. The molecule has 2 aliphatic carbocycles. The van der Waals surface area contributed by atoms with Crippen molar-refractivity contribution in [2.45, 2.75) is 63.5 Å². The largest absolute Gasteiger partial charge is 0.318 e. The van der Waals surface area contributed by atoms with Crippen LogP contribution in [0, 0.1) is 5.92 Å². The van der Waals surface area contributed by atoms with Gasteiger partial charge in [-0.2, -0.15) is 0 Å². The summed E-state index contributed by atoms with van der Waals surface area (Å²) in [6.07, 6.45) is 13.6. The second kappa shape index (κ2) is 5.84. The van der Waals surface area contributed by atoms with Crippen LogP contribution in [0.25, 0.3) is 0 Å². The first kappa shape index (κ1) is 13.4. The minimum atomic E-state index is 0.637. The Hall–Kier alpha value is -1.28. The summed E-state index contributed by atoms with van der Waals surface area (Å²) in [5.74, 6) is 0.777. The standard InChI is InChI=1S/C19H26N2/c1-2-10-17(11-3-1)20-21-18-12-6-4-8-15(18)14-16-9-5-7-13-19(16)21/h1-3,10-11,14-15,18-20H,4-9,12-13H2. The van der Waals surface area contributed by atoms with Crippen LogP contribution in [0.15, 0.2) is 42.0 Å². The minimum Gasteiger partial charge on any atom is -0.318 e. The monoisotopic (exact) mass is 282 g/mol. The first-order valence-corrected chi connectivity index (χ1v) is 8.72. The van der Waals surface area contributed by atoms with Gasteiger partial charge in [0.05, 0.1) is 6.04 Å². The van der Waals surface area contributed by atoms with Gasteiger partial charge in [-0.1, -0.05) is 49.1 Å². The van der Waals surface area contributed by atoms with Crippen LogP contribution in [-0.4, -0.2) is 17.1 Å². The Morgan fingerprint density at radius 2 is 1.71 bits per heavy atom.